The van der Waals surface area contributed by atoms with E-state index in [2.05, 4.69) is 0 Å². The maximum Gasteiger partial charge on any atom is 0.210 e. The predicted molar refractivity (Wildman–Crippen MR) is 74.4 cm³/mol. The zero-order valence-corrected chi connectivity index (χ0v) is 11.3. The highest BCUT2D eigenvalue weighted by Crippen LogP contribution is 2.40. The number of hydrogen-bond donors (Lipinski definition) is 2. The maximum atomic E-state index is 12.3. The number of hydrogen-bond acceptors (Lipinski definition) is 5. The molecule has 2 aromatic rings. The fourth-order valence-electron chi connectivity index (χ4n) is 2.37. The summed E-state index contributed by atoms with van der Waals surface area (Å²) in [6, 6.07) is 11.2. The third-order valence-electron chi connectivity index (χ3n) is 3.46. The summed E-state index contributed by atoms with van der Waals surface area (Å²) in [4.78, 5) is 12.3. The van der Waals surface area contributed by atoms with Gasteiger partial charge in [-0.1, -0.05) is 12.1 Å². The van der Waals surface area contributed by atoms with Crippen LogP contribution in [0, 0.1) is 0 Å². The van der Waals surface area contributed by atoms with Crippen molar-refractivity contribution in [3.8, 4) is 17.2 Å². The number of ether oxygens (including phenoxy) is 2. The number of methoxy groups -OCH3 is 1. The molecule has 1 aliphatic heterocycles. The van der Waals surface area contributed by atoms with Gasteiger partial charge in [-0.05, 0) is 24.3 Å². The average Bonchev–Trinajstić information content (AvgIpc) is 2.50. The lowest BCUT2D eigenvalue weighted by Gasteiger charge is -2.28. The number of aliphatic hydroxyl groups excluding tert-OH is 1. The smallest absolute Gasteiger partial charge is 0.210 e. The molecule has 0 spiro atoms. The minimum absolute atomic E-state index is 0.0136. The SMILES string of the molecule is COc1cccc(C2Oc3cc(O)ccc3C(O)C2=O)c1. The summed E-state index contributed by atoms with van der Waals surface area (Å²) in [5, 5.41) is 19.6. The number of carbonyl (C=O) groups excluding carboxylic acids is 1. The molecule has 2 atom stereocenters. The van der Waals surface area contributed by atoms with E-state index < -0.39 is 18.0 Å². The normalized spacial score (nSPS) is 20.6. The Labute approximate surface area is 121 Å². The maximum absolute atomic E-state index is 12.3. The summed E-state index contributed by atoms with van der Waals surface area (Å²) in [5.41, 5.74) is 0.948. The fourth-order valence-corrected chi connectivity index (χ4v) is 2.37. The van der Waals surface area contributed by atoms with Crippen molar-refractivity contribution in [2.75, 3.05) is 7.11 Å². The van der Waals surface area contributed by atoms with Crippen LogP contribution in [0.1, 0.15) is 23.3 Å². The molecule has 0 aliphatic carbocycles. The van der Waals surface area contributed by atoms with E-state index >= 15 is 0 Å². The van der Waals surface area contributed by atoms with Gasteiger partial charge in [-0.25, -0.2) is 0 Å². The largest absolute Gasteiger partial charge is 0.508 e. The topological polar surface area (TPSA) is 76.0 Å². The highest BCUT2D eigenvalue weighted by Gasteiger charge is 2.36. The van der Waals surface area contributed by atoms with E-state index in [1.54, 1.807) is 24.3 Å². The van der Waals surface area contributed by atoms with E-state index in [0.29, 0.717) is 22.6 Å². The molecule has 21 heavy (non-hydrogen) atoms. The van der Waals surface area contributed by atoms with Gasteiger partial charge < -0.3 is 19.7 Å². The van der Waals surface area contributed by atoms with Gasteiger partial charge in [0.2, 0.25) is 5.78 Å². The Morgan fingerprint density at radius 1 is 1.19 bits per heavy atom. The lowest BCUT2D eigenvalue weighted by molar-refractivity contribution is -0.137. The van der Waals surface area contributed by atoms with Crippen LogP contribution in [0.25, 0.3) is 0 Å². The van der Waals surface area contributed by atoms with Gasteiger partial charge in [0, 0.05) is 17.2 Å². The molecule has 0 aromatic heterocycles. The summed E-state index contributed by atoms with van der Waals surface area (Å²) in [6.07, 6.45) is -2.20. The van der Waals surface area contributed by atoms with E-state index in [1.165, 1.54) is 25.3 Å². The summed E-state index contributed by atoms with van der Waals surface area (Å²) < 4.78 is 10.8. The molecule has 2 aromatic carbocycles. The van der Waals surface area contributed by atoms with E-state index in [0.717, 1.165) is 0 Å². The monoisotopic (exact) mass is 286 g/mol. The van der Waals surface area contributed by atoms with Crippen molar-refractivity contribution in [2.24, 2.45) is 0 Å². The molecule has 5 nitrogen and oxygen atoms in total. The minimum Gasteiger partial charge on any atom is -0.508 e. The molecule has 0 radical (unpaired) electrons. The standard InChI is InChI=1S/C16H14O5/c1-20-11-4-2-3-9(7-11)16-15(19)14(18)12-6-5-10(17)8-13(12)21-16/h2-8,14,16-18H,1H3. The molecule has 0 bridgehead atoms. The Bertz CT molecular complexity index is 695. The van der Waals surface area contributed by atoms with E-state index in [9.17, 15) is 15.0 Å². The number of phenolic OH excluding ortho intramolecular Hbond substituents is 1. The van der Waals surface area contributed by atoms with E-state index in [4.69, 9.17) is 9.47 Å². The van der Waals surface area contributed by atoms with Crippen LogP contribution < -0.4 is 9.47 Å². The van der Waals surface area contributed by atoms with Crippen molar-refractivity contribution >= 4 is 5.78 Å². The van der Waals surface area contributed by atoms with Crippen LogP contribution in [0.3, 0.4) is 0 Å². The fraction of sp³-hybridized carbons (Fsp3) is 0.188. The molecule has 0 saturated heterocycles. The second-order valence-corrected chi connectivity index (χ2v) is 4.80. The molecular weight excluding hydrogens is 272 g/mol. The molecule has 1 heterocycles. The average molecular weight is 286 g/mol. The van der Waals surface area contributed by atoms with Crippen LogP contribution in [-0.2, 0) is 4.79 Å². The van der Waals surface area contributed by atoms with Crippen LogP contribution in [0.4, 0.5) is 0 Å². The van der Waals surface area contributed by atoms with E-state index in [1.807, 2.05) is 0 Å². The lowest BCUT2D eigenvalue weighted by Crippen LogP contribution is -2.29. The van der Waals surface area contributed by atoms with Gasteiger partial charge in [0.05, 0.1) is 7.11 Å². The summed E-state index contributed by atoms with van der Waals surface area (Å²) in [7, 11) is 1.53. The highest BCUT2D eigenvalue weighted by atomic mass is 16.5. The Morgan fingerprint density at radius 3 is 2.76 bits per heavy atom. The molecule has 1 aliphatic rings. The Hall–Kier alpha value is -2.53. The first kappa shape index (κ1) is 13.5. The third-order valence-corrected chi connectivity index (χ3v) is 3.46. The second-order valence-electron chi connectivity index (χ2n) is 4.80. The Balaban J connectivity index is 2.03. The molecule has 5 heteroatoms. The number of fused-ring (bicyclic) bond motifs is 1. The summed E-state index contributed by atoms with van der Waals surface area (Å²) in [5.74, 6) is 0.469. The number of Topliss-reactive ketones (excluding diaryl/α,β-unsaturated/α-hetero) is 1. The van der Waals surface area contributed by atoms with Gasteiger partial charge in [0.25, 0.3) is 0 Å². The number of ketones is 1. The second kappa shape index (κ2) is 5.10. The van der Waals surface area contributed by atoms with Crippen molar-refractivity contribution in [3.63, 3.8) is 0 Å². The van der Waals surface area contributed by atoms with Crippen LogP contribution in [0.5, 0.6) is 17.2 Å². The van der Waals surface area contributed by atoms with Crippen LogP contribution >= 0.6 is 0 Å². The van der Waals surface area contributed by atoms with Crippen LogP contribution in [0.15, 0.2) is 42.5 Å². The molecule has 2 unspecified atom stereocenters. The Morgan fingerprint density at radius 2 is 2.00 bits per heavy atom. The zero-order valence-electron chi connectivity index (χ0n) is 11.3. The van der Waals surface area contributed by atoms with Gasteiger partial charge in [0.1, 0.15) is 23.4 Å². The van der Waals surface area contributed by atoms with Gasteiger partial charge in [-0.15, -0.1) is 0 Å². The first-order valence-corrected chi connectivity index (χ1v) is 6.45. The number of aliphatic hydroxyl groups is 1. The third kappa shape index (κ3) is 2.32. The zero-order chi connectivity index (χ0) is 15.0. The highest BCUT2D eigenvalue weighted by molar-refractivity contribution is 5.91. The molecule has 2 N–H and O–H groups in total. The van der Waals surface area contributed by atoms with Crippen molar-refractivity contribution in [1.82, 2.24) is 0 Å². The van der Waals surface area contributed by atoms with Gasteiger partial charge in [-0.2, -0.15) is 0 Å². The first-order valence-electron chi connectivity index (χ1n) is 6.45. The van der Waals surface area contributed by atoms with Crippen molar-refractivity contribution in [2.45, 2.75) is 12.2 Å². The minimum atomic E-state index is -1.27. The van der Waals surface area contributed by atoms with Gasteiger partial charge >= 0.3 is 0 Å². The van der Waals surface area contributed by atoms with Crippen molar-refractivity contribution < 1.29 is 24.5 Å². The van der Waals surface area contributed by atoms with Gasteiger partial charge in [-0.3, -0.25) is 4.79 Å². The molecule has 0 fully saturated rings. The number of rotatable bonds is 2. The number of phenols is 1. The molecule has 108 valence electrons. The first-order chi connectivity index (χ1) is 10.1. The van der Waals surface area contributed by atoms with Crippen molar-refractivity contribution in [3.05, 3.63) is 53.6 Å². The number of benzene rings is 2. The molecule has 0 saturated carbocycles. The summed E-state index contributed by atoms with van der Waals surface area (Å²) >= 11 is 0. The number of aromatic hydroxyl groups is 1. The summed E-state index contributed by atoms with van der Waals surface area (Å²) in [6.45, 7) is 0. The van der Waals surface area contributed by atoms with Crippen LogP contribution in [0.2, 0.25) is 0 Å². The molecular formula is C16H14O5. The van der Waals surface area contributed by atoms with Gasteiger partial charge in [0.15, 0.2) is 6.10 Å². The van der Waals surface area contributed by atoms with Crippen molar-refractivity contribution in [1.29, 1.82) is 0 Å². The molecule has 3 rings (SSSR count). The van der Waals surface area contributed by atoms with E-state index in [-0.39, 0.29) is 5.75 Å². The quantitative estimate of drug-likeness (QED) is 0.884. The molecule has 0 amide bonds. The number of carbonyl (C=O) groups is 1. The van der Waals surface area contributed by atoms with Crippen LogP contribution in [-0.4, -0.2) is 23.1 Å². The predicted octanol–water partition coefficient (Wildman–Crippen LogP) is 2.14. The lowest BCUT2D eigenvalue weighted by atomic mass is 9.93. The Kier molecular flexibility index (Phi) is 3.27.